The third kappa shape index (κ3) is 1.80. The molecular formula is C15H15N3. The molecule has 0 spiro atoms. The van der Waals surface area contributed by atoms with E-state index in [1.54, 1.807) is 0 Å². The van der Waals surface area contributed by atoms with E-state index in [9.17, 15) is 5.26 Å². The first kappa shape index (κ1) is 11.0. The van der Waals surface area contributed by atoms with Crippen molar-refractivity contribution >= 4 is 16.7 Å². The third-order valence-electron chi connectivity index (χ3n) is 3.55. The van der Waals surface area contributed by atoms with Gasteiger partial charge in [0.25, 0.3) is 0 Å². The summed E-state index contributed by atoms with van der Waals surface area (Å²) in [6.07, 6.45) is 1.18. The second-order valence-electron chi connectivity index (χ2n) is 5.00. The van der Waals surface area contributed by atoms with Crippen LogP contribution in [-0.4, -0.2) is 18.1 Å². The quantitative estimate of drug-likeness (QED) is 0.765. The van der Waals surface area contributed by atoms with Crippen molar-refractivity contribution in [1.29, 1.82) is 5.26 Å². The molecule has 0 saturated carbocycles. The number of rotatable bonds is 1. The monoisotopic (exact) mass is 237 g/mol. The molecule has 1 atom stereocenters. The smallest absolute Gasteiger partial charge is 0.147 e. The van der Waals surface area contributed by atoms with E-state index in [-0.39, 0.29) is 0 Å². The van der Waals surface area contributed by atoms with Crippen LogP contribution in [0.2, 0.25) is 0 Å². The Balaban J connectivity index is 2.13. The summed E-state index contributed by atoms with van der Waals surface area (Å²) in [5.74, 6) is 1.53. The van der Waals surface area contributed by atoms with Crippen molar-refractivity contribution < 1.29 is 0 Å². The lowest BCUT2D eigenvalue weighted by molar-refractivity contribution is 0.659. The maximum absolute atomic E-state index is 9.29. The molecule has 1 aromatic heterocycles. The molecule has 0 amide bonds. The summed E-state index contributed by atoms with van der Waals surface area (Å²) in [5.41, 5.74) is 1.65. The van der Waals surface area contributed by atoms with E-state index in [4.69, 9.17) is 0 Å². The molecule has 1 aliphatic heterocycles. The maximum atomic E-state index is 9.29. The predicted molar refractivity (Wildman–Crippen MR) is 72.5 cm³/mol. The SMILES string of the molecule is CC1CCN(c2nc3ccccc3cc2C#N)C1. The predicted octanol–water partition coefficient (Wildman–Crippen LogP) is 2.95. The molecule has 18 heavy (non-hydrogen) atoms. The number of benzene rings is 1. The lowest BCUT2D eigenvalue weighted by Gasteiger charge is -2.18. The first-order valence-electron chi connectivity index (χ1n) is 6.33. The van der Waals surface area contributed by atoms with Gasteiger partial charge >= 0.3 is 0 Å². The number of fused-ring (bicyclic) bond motifs is 1. The zero-order chi connectivity index (χ0) is 12.5. The van der Waals surface area contributed by atoms with Crippen molar-refractivity contribution in [3.8, 4) is 6.07 Å². The van der Waals surface area contributed by atoms with Crippen LogP contribution in [0.5, 0.6) is 0 Å². The number of pyridine rings is 1. The van der Waals surface area contributed by atoms with Crippen LogP contribution in [0.1, 0.15) is 18.9 Å². The van der Waals surface area contributed by atoms with Gasteiger partial charge < -0.3 is 4.90 Å². The van der Waals surface area contributed by atoms with E-state index in [0.29, 0.717) is 11.5 Å². The van der Waals surface area contributed by atoms with Gasteiger partial charge in [0.2, 0.25) is 0 Å². The Morgan fingerprint density at radius 1 is 1.39 bits per heavy atom. The van der Waals surface area contributed by atoms with Crippen LogP contribution < -0.4 is 4.90 Å². The van der Waals surface area contributed by atoms with Crippen molar-refractivity contribution in [2.24, 2.45) is 5.92 Å². The first-order chi connectivity index (χ1) is 8.78. The van der Waals surface area contributed by atoms with E-state index in [2.05, 4.69) is 22.9 Å². The average molecular weight is 237 g/mol. The molecule has 3 nitrogen and oxygen atoms in total. The van der Waals surface area contributed by atoms with Gasteiger partial charge in [-0.15, -0.1) is 0 Å². The summed E-state index contributed by atoms with van der Waals surface area (Å²) in [7, 11) is 0. The zero-order valence-electron chi connectivity index (χ0n) is 10.4. The minimum Gasteiger partial charge on any atom is -0.355 e. The highest BCUT2D eigenvalue weighted by molar-refractivity contribution is 5.83. The minimum atomic E-state index is 0.683. The van der Waals surface area contributed by atoms with Crippen molar-refractivity contribution in [1.82, 2.24) is 4.98 Å². The highest BCUT2D eigenvalue weighted by Gasteiger charge is 2.22. The summed E-state index contributed by atoms with van der Waals surface area (Å²) in [6, 6.07) is 12.2. The Hall–Kier alpha value is -2.08. The number of aromatic nitrogens is 1. The van der Waals surface area contributed by atoms with Crippen LogP contribution in [0.25, 0.3) is 10.9 Å². The normalized spacial score (nSPS) is 19.1. The molecule has 1 aliphatic rings. The van der Waals surface area contributed by atoms with E-state index in [1.807, 2.05) is 30.3 Å². The molecule has 1 aromatic carbocycles. The lowest BCUT2D eigenvalue weighted by Crippen LogP contribution is -2.21. The molecule has 1 unspecified atom stereocenters. The van der Waals surface area contributed by atoms with E-state index < -0.39 is 0 Å². The number of anilines is 1. The standard InChI is InChI=1S/C15H15N3/c1-11-6-7-18(10-11)15-13(9-16)8-12-4-2-3-5-14(12)17-15/h2-5,8,11H,6-7,10H2,1H3. The Kier molecular flexibility index (Phi) is 2.64. The molecule has 0 aliphatic carbocycles. The average Bonchev–Trinajstić information content (AvgIpc) is 2.83. The molecule has 2 heterocycles. The van der Waals surface area contributed by atoms with E-state index in [1.165, 1.54) is 6.42 Å². The van der Waals surface area contributed by atoms with Crippen molar-refractivity contribution in [3.05, 3.63) is 35.9 Å². The molecule has 2 aromatic rings. The van der Waals surface area contributed by atoms with Gasteiger partial charge in [-0.05, 0) is 24.5 Å². The summed E-state index contributed by atoms with van der Waals surface area (Å²) in [4.78, 5) is 6.90. The fourth-order valence-corrected chi connectivity index (χ4v) is 2.56. The van der Waals surface area contributed by atoms with Gasteiger partial charge in [0.05, 0.1) is 11.1 Å². The molecule has 0 N–H and O–H groups in total. The maximum Gasteiger partial charge on any atom is 0.147 e. The molecule has 0 bridgehead atoms. The first-order valence-corrected chi connectivity index (χ1v) is 6.33. The largest absolute Gasteiger partial charge is 0.355 e. The molecule has 3 heteroatoms. The summed E-state index contributed by atoms with van der Waals surface area (Å²) < 4.78 is 0. The molecule has 90 valence electrons. The number of nitriles is 1. The van der Waals surface area contributed by atoms with Gasteiger partial charge in [0.15, 0.2) is 0 Å². The fourth-order valence-electron chi connectivity index (χ4n) is 2.56. The van der Waals surface area contributed by atoms with Gasteiger partial charge in [-0.25, -0.2) is 4.98 Å². The van der Waals surface area contributed by atoms with E-state index in [0.717, 1.165) is 29.8 Å². The zero-order valence-corrected chi connectivity index (χ0v) is 10.4. The second kappa shape index (κ2) is 4.30. The van der Waals surface area contributed by atoms with Gasteiger partial charge in [-0.2, -0.15) is 5.26 Å². The molecule has 1 saturated heterocycles. The lowest BCUT2D eigenvalue weighted by atomic mass is 10.1. The van der Waals surface area contributed by atoms with Crippen LogP contribution in [0.4, 0.5) is 5.82 Å². The minimum absolute atomic E-state index is 0.683. The molecular weight excluding hydrogens is 222 g/mol. The number of hydrogen-bond donors (Lipinski definition) is 0. The topological polar surface area (TPSA) is 39.9 Å². The number of hydrogen-bond acceptors (Lipinski definition) is 3. The van der Waals surface area contributed by atoms with Gasteiger partial charge in [-0.1, -0.05) is 25.1 Å². The molecule has 0 radical (unpaired) electrons. The van der Waals surface area contributed by atoms with Crippen molar-refractivity contribution in [3.63, 3.8) is 0 Å². The fraction of sp³-hybridized carbons (Fsp3) is 0.333. The third-order valence-corrected chi connectivity index (χ3v) is 3.55. The molecule has 1 fully saturated rings. The van der Waals surface area contributed by atoms with Crippen LogP contribution in [-0.2, 0) is 0 Å². The van der Waals surface area contributed by atoms with Gasteiger partial charge in [-0.3, -0.25) is 0 Å². The van der Waals surface area contributed by atoms with Gasteiger partial charge in [0, 0.05) is 18.5 Å². The van der Waals surface area contributed by atoms with Crippen molar-refractivity contribution in [2.75, 3.05) is 18.0 Å². The van der Waals surface area contributed by atoms with Crippen molar-refractivity contribution in [2.45, 2.75) is 13.3 Å². The van der Waals surface area contributed by atoms with Crippen LogP contribution in [0, 0.1) is 17.2 Å². The summed E-state index contributed by atoms with van der Waals surface area (Å²) in [5, 5.41) is 10.3. The van der Waals surface area contributed by atoms with Gasteiger partial charge in [0.1, 0.15) is 11.9 Å². The Bertz CT molecular complexity index is 627. The Labute approximate surface area is 107 Å². The van der Waals surface area contributed by atoms with E-state index >= 15 is 0 Å². The van der Waals surface area contributed by atoms with Crippen LogP contribution in [0.15, 0.2) is 30.3 Å². The second-order valence-corrected chi connectivity index (χ2v) is 5.00. The number of para-hydroxylation sites is 1. The van der Waals surface area contributed by atoms with Crippen LogP contribution in [0.3, 0.4) is 0 Å². The molecule has 3 rings (SSSR count). The Morgan fingerprint density at radius 3 is 2.94 bits per heavy atom. The Morgan fingerprint density at radius 2 is 2.22 bits per heavy atom. The summed E-state index contributed by atoms with van der Waals surface area (Å²) >= 11 is 0. The highest BCUT2D eigenvalue weighted by Crippen LogP contribution is 2.27. The summed E-state index contributed by atoms with van der Waals surface area (Å²) in [6.45, 7) is 4.24. The van der Waals surface area contributed by atoms with Crippen LogP contribution >= 0.6 is 0 Å². The highest BCUT2D eigenvalue weighted by atomic mass is 15.2. The number of nitrogens with zero attached hydrogens (tertiary/aromatic N) is 3.